The molecule has 0 aliphatic rings. The number of nitrogens with one attached hydrogen (secondary N) is 1. The molecule has 0 saturated heterocycles. The predicted molar refractivity (Wildman–Crippen MR) is 70.2 cm³/mol. The van der Waals surface area contributed by atoms with E-state index in [4.69, 9.17) is 0 Å². The van der Waals surface area contributed by atoms with Crippen molar-refractivity contribution in [2.45, 2.75) is 66.2 Å². The first kappa shape index (κ1) is 15.0. The standard InChI is InChI=1S/C14H31N/c1-13(2)9-5-7-11-15-12-8-6-10-14(3)4/h13-15H,5-12H2,1-4H3. The van der Waals surface area contributed by atoms with Gasteiger partial charge in [-0.3, -0.25) is 0 Å². The number of unbranched alkanes of at least 4 members (excludes halogenated alkanes) is 2. The molecule has 1 heteroatoms. The fourth-order valence-corrected chi connectivity index (χ4v) is 1.73. The smallest absolute Gasteiger partial charge is 0.00489 e. The van der Waals surface area contributed by atoms with Gasteiger partial charge in [-0.25, -0.2) is 0 Å². The molecule has 0 saturated carbocycles. The van der Waals surface area contributed by atoms with Crippen molar-refractivity contribution in [3.63, 3.8) is 0 Å². The van der Waals surface area contributed by atoms with Gasteiger partial charge >= 0.3 is 0 Å². The molecule has 0 aliphatic carbocycles. The summed E-state index contributed by atoms with van der Waals surface area (Å²) in [7, 11) is 0. The largest absolute Gasteiger partial charge is 0.317 e. The predicted octanol–water partition coefficient (Wildman–Crippen LogP) is 4.23. The Kier molecular flexibility index (Phi) is 10.4. The summed E-state index contributed by atoms with van der Waals surface area (Å²) < 4.78 is 0. The van der Waals surface area contributed by atoms with Crippen LogP contribution < -0.4 is 5.32 Å². The van der Waals surface area contributed by atoms with Crippen molar-refractivity contribution in [2.75, 3.05) is 13.1 Å². The van der Waals surface area contributed by atoms with Crippen molar-refractivity contribution in [1.29, 1.82) is 0 Å². The molecule has 0 unspecified atom stereocenters. The summed E-state index contributed by atoms with van der Waals surface area (Å²) >= 11 is 0. The molecular formula is C14H31N. The van der Waals surface area contributed by atoms with E-state index in [9.17, 15) is 0 Å². The van der Waals surface area contributed by atoms with Gasteiger partial charge in [0.05, 0.1) is 0 Å². The monoisotopic (exact) mass is 213 g/mol. The van der Waals surface area contributed by atoms with Gasteiger partial charge in [-0.1, -0.05) is 53.4 Å². The molecule has 0 aromatic rings. The Hall–Kier alpha value is -0.0400. The maximum Gasteiger partial charge on any atom is -0.00489 e. The molecule has 0 amide bonds. The second-order valence-electron chi connectivity index (χ2n) is 5.53. The van der Waals surface area contributed by atoms with E-state index in [1.54, 1.807) is 0 Å². The third-order valence-electron chi connectivity index (χ3n) is 2.77. The van der Waals surface area contributed by atoms with Crippen LogP contribution in [0.25, 0.3) is 0 Å². The van der Waals surface area contributed by atoms with Crippen molar-refractivity contribution < 1.29 is 0 Å². The summed E-state index contributed by atoms with van der Waals surface area (Å²) in [6.45, 7) is 11.7. The van der Waals surface area contributed by atoms with Gasteiger partial charge in [-0.15, -0.1) is 0 Å². The minimum Gasteiger partial charge on any atom is -0.317 e. The minimum atomic E-state index is 0.871. The Morgan fingerprint density at radius 1 is 0.667 bits per heavy atom. The molecule has 1 nitrogen and oxygen atoms in total. The maximum absolute atomic E-state index is 3.53. The van der Waals surface area contributed by atoms with Crippen molar-refractivity contribution in [2.24, 2.45) is 11.8 Å². The van der Waals surface area contributed by atoms with Crippen molar-refractivity contribution >= 4 is 0 Å². The van der Waals surface area contributed by atoms with Crippen LogP contribution in [0.3, 0.4) is 0 Å². The van der Waals surface area contributed by atoms with Crippen LogP contribution in [-0.4, -0.2) is 13.1 Å². The van der Waals surface area contributed by atoms with Gasteiger partial charge in [0, 0.05) is 0 Å². The summed E-state index contributed by atoms with van der Waals surface area (Å²) in [5.41, 5.74) is 0. The number of hydrogen-bond acceptors (Lipinski definition) is 1. The summed E-state index contributed by atoms with van der Waals surface area (Å²) in [4.78, 5) is 0. The second-order valence-corrected chi connectivity index (χ2v) is 5.53. The molecule has 0 rings (SSSR count). The van der Waals surface area contributed by atoms with Crippen LogP contribution in [0.1, 0.15) is 66.2 Å². The Labute approximate surface area is 97.0 Å². The molecule has 0 radical (unpaired) electrons. The Balaban J connectivity index is 2.93. The van der Waals surface area contributed by atoms with Crippen molar-refractivity contribution in [3.8, 4) is 0 Å². The van der Waals surface area contributed by atoms with Gasteiger partial charge in [0.15, 0.2) is 0 Å². The fourth-order valence-electron chi connectivity index (χ4n) is 1.73. The first-order valence-corrected chi connectivity index (χ1v) is 6.83. The topological polar surface area (TPSA) is 12.0 Å². The highest BCUT2D eigenvalue weighted by atomic mass is 14.8. The molecule has 0 aromatic heterocycles. The lowest BCUT2D eigenvalue weighted by Crippen LogP contribution is -2.16. The van der Waals surface area contributed by atoms with Crippen LogP contribution >= 0.6 is 0 Å². The Morgan fingerprint density at radius 3 is 1.40 bits per heavy atom. The highest BCUT2D eigenvalue weighted by molar-refractivity contribution is 4.53. The summed E-state index contributed by atoms with van der Waals surface area (Å²) in [5, 5.41) is 3.53. The summed E-state index contributed by atoms with van der Waals surface area (Å²) in [6.07, 6.45) is 8.24. The molecule has 0 aliphatic heterocycles. The lowest BCUT2D eigenvalue weighted by Gasteiger charge is -2.07. The van der Waals surface area contributed by atoms with Gasteiger partial charge in [0.25, 0.3) is 0 Å². The third-order valence-corrected chi connectivity index (χ3v) is 2.77. The van der Waals surface area contributed by atoms with E-state index in [0.29, 0.717) is 0 Å². The van der Waals surface area contributed by atoms with Crippen LogP contribution in [0.15, 0.2) is 0 Å². The van der Waals surface area contributed by atoms with Gasteiger partial charge < -0.3 is 5.32 Å². The van der Waals surface area contributed by atoms with Gasteiger partial charge in [0.1, 0.15) is 0 Å². The van der Waals surface area contributed by atoms with E-state index in [-0.39, 0.29) is 0 Å². The van der Waals surface area contributed by atoms with E-state index in [1.807, 2.05) is 0 Å². The normalized spacial score (nSPS) is 11.6. The highest BCUT2D eigenvalue weighted by Crippen LogP contribution is 2.06. The molecule has 0 heterocycles. The van der Waals surface area contributed by atoms with Gasteiger partial charge in [0.2, 0.25) is 0 Å². The van der Waals surface area contributed by atoms with Crippen molar-refractivity contribution in [3.05, 3.63) is 0 Å². The molecule has 1 N–H and O–H groups in total. The molecule has 15 heavy (non-hydrogen) atoms. The quantitative estimate of drug-likeness (QED) is 0.536. The zero-order valence-corrected chi connectivity index (χ0v) is 11.3. The first-order chi connectivity index (χ1) is 7.13. The molecule has 92 valence electrons. The number of hydrogen-bond donors (Lipinski definition) is 1. The van der Waals surface area contributed by atoms with E-state index >= 15 is 0 Å². The highest BCUT2D eigenvalue weighted by Gasteiger charge is 1.95. The Morgan fingerprint density at radius 2 is 1.07 bits per heavy atom. The molecular weight excluding hydrogens is 182 g/mol. The summed E-state index contributed by atoms with van der Waals surface area (Å²) in [5.74, 6) is 1.74. The van der Waals surface area contributed by atoms with Gasteiger partial charge in [-0.05, 0) is 37.8 Å². The fraction of sp³-hybridized carbons (Fsp3) is 1.00. The Bertz CT molecular complexity index is 105. The van der Waals surface area contributed by atoms with Crippen LogP contribution in [-0.2, 0) is 0 Å². The van der Waals surface area contributed by atoms with Crippen LogP contribution in [0, 0.1) is 11.8 Å². The molecule has 0 spiro atoms. The first-order valence-electron chi connectivity index (χ1n) is 6.83. The zero-order valence-electron chi connectivity index (χ0n) is 11.3. The third kappa shape index (κ3) is 14.0. The van der Waals surface area contributed by atoms with E-state index in [2.05, 4.69) is 33.0 Å². The second kappa shape index (κ2) is 10.5. The SMILES string of the molecule is CC(C)CCCCNCCCCC(C)C. The molecule has 0 atom stereocenters. The van der Waals surface area contributed by atoms with E-state index in [1.165, 1.54) is 51.6 Å². The molecule has 0 bridgehead atoms. The van der Waals surface area contributed by atoms with Crippen LogP contribution in [0.2, 0.25) is 0 Å². The van der Waals surface area contributed by atoms with Crippen LogP contribution in [0.4, 0.5) is 0 Å². The zero-order chi connectivity index (χ0) is 11.5. The molecule has 0 fully saturated rings. The average molecular weight is 213 g/mol. The maximum atomic E-state index is 3.53. The molecule has 0 aromatic carbocycles. The minimum absolute atomic E-state index is 0.871. The number of rotatable bonds is 10. The van der Waals surface area contributed by atoms with Crippen LogP contribution in [0.5, 0.6) is 0 Å². The van der Waals surface area contributed by atoms with Crippen molar-refractivity contribution in [1.82, 2.24) is 5.32 Å². The average Bonchev–Trinajstić information content (AvgIpc) is 2.14. The summed E-state index contributed by atoms with van der Waals surface area (Å²) in [6, 6.07) is 0. The van der Waals surface area contributed by atoms with E-state index < -0.39 is 0 Å². The van der Waals surface area contributed by atoms with E-state index in [0.717, 1.165) is 11.8 Å². The lowest BCUT2D eigenvalue weighted by molar-refractivity contribution is 0.499. The lowest BCUT2D eigenvalue weighted by atomic mass is 10.1. The van der Waals surface area contributed by atoms with Gasteiger partial charge in [-0.2, -0.15) is 0 Å².